The van der Waals surface area contributed by atoms with Crippen LogP contribution in [-0.4, -0.2) is 18.9 Å². The Bertz CT molecular complexity index is 429. The van der Waals surface area contributed by atoms with E-state index in [1.165, 1.54) is 7.11 Å². The third kappa shape index (κ3) is 2.99. The van der Waals surface area contributed by atoms with Gasteiger partial charge in [-0.05, 0) is 37.0 Å². The minimum absolute atomic E-state index is 0.0100. The van der Waals surface area contributed by atoms with Crippen molar-refractivity contribution in [2.24, 2.45) is 11.7 Å². The Morgan fingerprint density at radius 3 is 2.88 bits per heavy atom. The average molecular weight is 254 g/mol. The molecule has 4 heteroatoms. The lowest BCUT2D eigenvalue weighted by Gasteiger charge is -2.10. The topological polar surface area (TPSA) is 52.3 Å². The predicted molar refractivity (Wildman–Crippen MR) is 67.7 cm³/mol. The second kappa shape index (κ2) is 5.07. The number of hydrogen-bond acceptors (Lipinski definition) is 3. The van der Waals surface area contributed by atoms with E-state index in [2.05, 4.69) is 0 Å². The van der Waals surface area contributed by atoms with Crippen molar-refractivity contribution in [2.45, 2.75) is 25.3 Å². The van der Waals surface area contributed by atoms with Crippen molar-refractivity contribution in [3.63, 3.8) is 0 Å². The summed E-state index contributed by atoms with van der Waals surface area (Å²) in [7, 11) is 1.53. The maximum atomic E-state index is 12.0. The zero-order valence-corrected chi connectivity index (χ0v) is 10.5. The highest BCUT2D eigenvalue weighted by Gasteiger charge is 2.30. The lowest BCUT2D eigenvalue weighted by Crippen LogP contribution is -2.25. The van der Waals surface area contributed by atoms with Crippen LogP contribution in [-0.2, 0) is 0 Å². The molecule has 0 spiro atoms. The molecule has 1 unspecified atom stereocenters. The van der Waals surface area contributed by atoms with E-state index in [4.69, 9.17) is 22.1 Å². The SMILES string of the molecule is COc1cc(C(=O)CC(N)C2CC2)ccc1Cl. The molecule has 2 rings (SSSR count). The van der Waals surface area contributed by atoms with Gasteiger partial charge in [-0.2, -0.15) is 0 Å². The molecule has 1 fully saturated rings. The highest BCUT2D eigenvalue weighted by molar-refractivity contribution is 6.32. The largest absolute Gasteiger partial charge is 0.495 e. The fraction of sp³-hybridized carbons (Fsp3) is 0.462. The van der Waals surface area contributed by atoms with E-state index in [9.17, 15) is 4.79 Å². The highest BCUT2D eigenvalue weighted by atomic mass is 35.5. The van der Waals surface area contributed by atoms with E-state index >= 15 is 0 Å². The lowest BCUT2D eigenvalue weighted by molar-refractivity contribution is 0.0971. The molecule has 17 heavy (non-hydrogen) atoms. The number of hydrogen-bond donors (Lipinski definition) is 1. The molecule has 3 nitrogen and oxygen atoms in total. The van der Waals surface area contributed by atoms with Gasteiger partial charge < -0.3 is 10.5 Å². The van der Waals surface area contributed by atoms with Crippen molar-refractivity contribution in [2.75, 3.05) is 7.11 Å². The minimum Gasteiger partial charge on any atom is -0.495 e. The van der Waals surface area contributed by atoms with Gasteiger partial charge in [0.05, 0.1) is 12.1 Å². The van der Waals surface area contributed by atoms with Crippen LogP contribution in [0.4, 0.5) is 0 Å². The van der Waals surface area contributed by atoms with Crippen molar-refractivity contribution in [3.8, 4) is 5.75 Å². The fourth-order valence-electron chi connectivity index (χ4n) is 1.86. The van der Waals surface area contributed by atoms with Crippen LogP contribution < -0.4 is 10.5 Å². The molecule has 0 radical (unpaired) electrons. The summed E-state index contributed by atoms with van der Waals surface area (Å²) in [5.41, 5.74) is 6.55. The molecule has 0 aromatic heterocycles. The van der Waals surface area contributed by atoms with Crippen molar-refractivity contribution in [3.05, 3.63) is 28.8 Å². The standard InChI is InChI=1S/C13H16ClNO2/c1-17-13-6-9(4-5-10(13)14)12(16)7-11(15)8-2-3-8/h4-6,8,11H,2-3,7,15H2,1H3. The number of halogens is 1. The summed E-state index contributed by atoms with van der Waals surface area (Å²) in [6.45, 7) is 0. The zero-order valence-electron chi connectivity index (χ0n) is 9.78. The van der Waals surface area contributed by atoms with E-state index in [1.54, 1.807) is 18.2 Å². The predicted octanol–water partition coefficient (Wildman–Crippen LogP) is 2.66. The summed E-state index contributed by atoms with van der Waals surface area (Å²) in [4.78, 5) is 12.0. The van der Waals surface area contributed by atoms with Gasteiger partial charge in [-0.1, -0.05) is 11.6 Å². The number of nitrogens with two attached hydrogens (primary N) is 1. The van der Waals surface area contributed by atoms with Crippen LogP contribution >= 0.6 is 11.6 Å². The summed E-state index contributed by atoms with van der Waals surface area (Å²) in [6.07, 6.45) is 2.70. The first-order chi connectivity index (χ1) is 8.11. The van der Waals surface area contributed by atoms with Gasteiger partial charge in [0, 0.05) is 18.0 Å². The number of carbonyl (C=O) groups is 1. The van der Waals surface area contributed by atoms with Crippen molar-refractivity contribution in [1.29, 1.82) is 0 Å². The highest BCUT2D eigenvalue weighted by Crippen LogP contribution is 2.33. The molecule has 0 saturated heterocycles. The summed E-state index contributed by atoms with van der Waals surface area (Å²) in [5.74, 6) is 1.12. The van der Waals surface area contributed by atoms with Gasteiger partial charge in [0.2, 0.25) is 0 Å². The minimum atomic E-state index is -0.0100. The normalized spacial score (nSPS) is 16.6. The Hall–Kier alpha value is -1.06. The number of rotatable bonds is 5. The van der Waals surface area contributed by atoms with Crippen molar-refractivity contribution in [1.82, 2.24) is 0 Å². The average Bonchev–Trinajstić information content (AvgIpc) is 3.13. The maximum Gasteiger partial charge on any atom is 0.164 e. The number of carbonyl (C=O) groups excluding carboxylic acids is 1. The van der Waals surface area contributed by atoms with Gasteiger partial charge in [-0.25, -0.2) is 0 Å². The van der Waals surface area contributed by atoms with Crippen LogP contribution in [0.5, 0.6) is 5.75 Å². The summed E-state index contributed by atoms with van der Waals surface area (Å²) in [6, 6.07) is 5.05. The van der Waals surface area contributed by atoms with E-state index in [-0.39, 0.29) is 11.8 Å². The van der Waals surface area contributed by atoms with Crippen LogP contribution in [0, 0.1) is 5.92 Å². The zero-order chi connectivity index (χ0) is 12.4. The smallest absolute Gasteiger partial charge is 0.164 e. The van der Waals surface area contributed by atoms with Crippen LogP contribution in [0.2, 0.25) is 5.02 Å². The first-order valence-electron chi connectivity index (χ1n) is 5.74. The molecule has 1 aromatic rings. The number of Topliss-reactive ketones (excluding diaryl/α,β-unsaturated/α-hetero) is 1. The maximum absolute atomic E-state index is 12.0. The van der Waals surface area contributed by atoms with E-state index in [1.807, 2.05) is 0 Å². The number of ether oxygens (including phenoxy) is 1. The van der Waals surface area contributed by atoms with Crippen LogP contribution in [0.3, 0.4) is 0 Å². The van der Waals surface area contributed by atoms with Crippen LogP contribution in [0.25, 0.3) is 0 Å². The Balaban J connectivity index is 2.07. The molecule has 1 aliphatic carbocycles. The molecule has 92 valence electrons. The van der Waals surface area contributed by atoms with Crippen molar-refractivity contribution >= 4 is 17.4 Å². The summed E-state index contributed by atoms with van der Waals surface area (Å²) < 4.78 is 5.09. The molecular formula is C13H16ClNO2. The summed E-state index contributed by atoms with van der Waals surface area (Å²) >= 11 is 5.91. The van der Waals surface area contributed by atoms with Gasteiger partial charge in [0.25, 0.3) is 0 Å². The van der Waals surface area contributed by atoms with E-state index in [0.29, 0.717) is 28.7 Å². The van der Waals surface area contributed by atoms with Gasteiger partial charge in [0.1, 0.15) is 5.75 Å². The lowest BCUT2D eigenvalue weighted by atomic mass is 10.0. The van der Waals surface area contributed by atoms with Crippen molar-refractivity contribution < 1.29 is 9.53 Å². The third-order valence-electron chi connectivity index (χ3n) is 3.12. The third-order valence-corrected chi connectivity index (χ3v) is 3.43. The van der Waals surface area contributed by atoms with Gasteiger partial charge in [-0.15, -0.1) is 0 Å². The Labute approximate surface area is 106 Å². The van der Waals surface area contributed by atoms with Crippen LogP contribution in [0.1, 0.15) is 29.6 Å². The molecule has 0 bridgehead atoms. The number of methoxy groups -OCH3 is 1. The molecule has 1 saturated carbocycles. The molecule has 1 aliphatic rings. The molecule has 0 aliphatic heterocycles. The molecule has 1 atom stereocenters. The molecular weight excluding hydrogens is 238 g/mol. The molecule has 0 amide bonds. The fourth-order valence-corrected chi connectivity index (χ4v) is 2.05. The van der Waals surface area contributed by atoms with E-state index < -0.39 is 0 Å². The molecule has 0 heterocycles. The number of benzene rings is 1. The molecule has 2 N–H and O–H groups in total. The second-order valence-electron chi connectivity index (χ2n) is 4.48. The first-order valence-corrected chi connectivity index (χ1v) is 6.12. The van der Waals surface area contributed by atoms with Crippen LogP contribution in [0.15, 0.2) is 18.2 Å². The Morgan fingerprint density at radius 2 is 2.29 bits per heavy atom. The Morgan fingerprint density at radius 1 is 1.59 bits per heavy atom. The summed E-state index contributed by atoms with van der Waals surface area (Å²) in [5, 5.41) is 0.510. The van der Waals surface area contributed by atoms with E-state index in [0.717, 1.165) is 12.8 Å². The van der Waals surface area contributed by atoms with Gasteiger partial charge in [-0.3, -0.25) is 4.79 Å². The molecule has 1 aromatic carbocycles. The monoisotopic (exact) mass is 253 g/mol. The van der Waals surface area contributed by atoms with Gasteiger partial charge >= 0.3 is 0 Å². The number of ketones is 1. The Kier molecular flexibility index (Phi) is 3.69. The van der Waals surface area contributed by atoms with Gasteiger partial charge in [0.15, 0.2) is 5.78 Å². The quantitative estimate of drug-likeness (QED) is 0.821. The first kappa shape index (κ1) is 12.4. The second-order valence-corrected chi connectivity index (χ2v) is 4.89.